The number of rotatable bonds is 4. The SMILES string of the molecule is c1ccc(-c2ccc(-c3c4cccc(-c5ccc6c(c5)oc5ccccc56)c4cc4c(-c5ccc6c(c5)oc5ccccc56)cccc34)c3ccccc23)cc1. The Morgan fingerprint density at radius 2 is 0.643 bits per heavy atom. The summed E-state index contributed by atoms with van der Waals surface area (Å²) < 4.78 is 12.8. The quantitative estimate of drug-likeness (QED) is 0.170. The lowest BCUT2D eigenvalue weighted by Crippen LogP contribution is -1.92. The average molecular weight is 713 g/mol. The fraction of sp³-hybridized carbons (Fsp3) is 0. The van der Waals surface area contributed by atoms with Gasteiger partial charge in [0.05, 0.1) is 0 Å². The van der Waals surface area contributed by atoms with Gasteiger partial charge in [-0.05, 0) is 119 Å². The smallest absolute Gasteiger partial charge is 0.136 e. The number of para-hydroxylation sites is 2. The van der Waals surface area contributed by atoms with Crippen LogP contribution in [0.2, 0.25) is 0 Å². The molecule has 0 spiro atoms. The van der Waals surface area contributed by atoms with Gasteiger partial charge in [0, 0.05) is 21.5 Å². The van der Waals surface area contributed by atoms with E-state index >= 15 is 0 Å². The molecule has 2 heterocycles. The molecule has 0 unspecified atom stereocenters. The summed E-state index contributed by atoms with van der Waals surface area (Å²) in [6.07, 6.45) is 0. The summed E-state index contributed by atoms with van der Waals surface area (Å²) in [7, 11) is 0. The van der Waals surface area contributed by atoms with Gasteiger partial charge in [-0.25, -0.2) is 0 Å². The molecule has 12 rings (SSSR count). The molecule has 2 heteroatoms. The summed E-state index contributed by atoms with van der Waals surface area (Å²) in [5.74, 6) is 0. The molecule has 10 aromatic carbocycles. The molecule has 2 nitrogen and oxygen atoms in total. The van der Waals surface area contributed by atoms with Gasteiger partial charge in [0.25, 0.3) is 0 Å². The highest BCUT2D eigenvalue weighted by atomic mass is 16.3. The predicted molar refractivity (Wildman–Crippen MR) is 235 cm³/mol. The van der Waals surface area contributed by atoms with Crippen LogP contribution in [0.1, 0.15) is 0 Å². The van der Waals surface area contributed by atoms with Crippen molar-refractivity contribution in [2.45, 2.75) is 0 Å². The number of fused-ring (bicyclic) bond motifs is 9. The van der Waals surface area contributed by atoms with Gasteiger partial charge < -0.3 is 8.83 Å². The van der Waals surface area contributed by atoms with Crippen LogP contribution in [0.5, 0.6) is 0 Å². The number of furan rings is 2. The molecule has 0 fully saturated rings. The van der Waals surface area contributed by atoms with E-state index in [-0.39, 0.29) is 0 Å². The van der Waals surface area contributed by atoms with Crippen LogP contribution in [0.3, 0.4) is 0 Å². The molecule has 260 valence electrons. The second-order valence-electron chi connectivity index (χ2n) is 14.7. The Hall–Kier alpha value is -7.42. The molecule has 0 aliphatic heterocycles. The van der Waals surface area contributed by atoms with E-state index in [4.69, 9.17) is 8.83 Å². The Morgan fingerprint density at radius 1 is 0.214 bits per heavy atom. The second kappa shape index (κ2) is 12.0. The number of hydrogen-bond donors (Lipinski definition) is 0. The van der Waals surface area contributed by atoms with E-state index in [0.29, 0.717) is 0 Å². The van der Waals surface area contributed by atoms with Gasteiger partial charge in [0.15, 0.2) is 0 Å². The standard InChI is InChI=1S/C54H32O2/c1-2-12-33(13-3-1)38-28-29-47(40-15-5-4-14-39(38)40)54-45-20-10-18-36(34-24-26-43-41-16-6-8-22-50(41)55-52(43)30-34)48(45)32-49-37(19-11-21-46(49)54)35-25-27-44-42-17-7-9-23-51(42)56-53(44)31-35/h1-32H. The third-order valence-electron chi connectivity index (χ3n) is 11.7. The van der Waals surface area contributed by atoms with Crippen LogP contribution in [0.25, 0.3) is 121 Å². The molecular weight excluding hydrogens is 681 g/mol. The molecule has 56 heavy (non-hydrogen) atoms. The molecule has 0 saturated carbocycles. The Balaban J connectivity index is 1.17. The topological polar surface area (TPSA) is 26.3 Å². The van der Waals surface area contributed by atoms with Crippen molar-refractivity contribution in [2.75, 3.05) is 0 Å². The van der Waals surface area contributed by atoms with Crippen LogP contribution in [-0.2, 0) is 0 Å². The van der Waals surface area contributed by atoms with Crippen molar-refractivity contribution in [1.82, 2.24) is 0 Å². The number of hydrogen-bond acceptors (Lipinski definition) is 2. The highest BCUT2D eigenvalue weighted by molar-refractivity contribution is 6.23. The van der Waals surface area contributed by atoms with Crippen molar-refractivity contribution in [2.24, 2.45) is 0 Å². The zero-order valence-electron chi connectivity index (χ0n) is 30.3. The van der Waals surface area contributed by atoms with Gasteiger partial charge in [-0.3, -0.25) is 0 Å². The van der Waals surface area contributed by atoms with Crippen molar-refractivity contribution in [3.05, 3.63) is 194 Å². The largest absolute Gasteiger partial charge is 0.456 e. The molecule has 0 atom stereocenters. The Kier molecular flexibility index (Phi) is 6.66. The minimum absolute atomic E-state index is 0.893. The highest BCUT2D eigenvalue weighted by Crippen LogP contribution is 2.47. The first kappa shape index (κ1) is 31.0. The number of benzene rings is 10. The minimum atomic E-state index is 0.893. The van der Waals surface area contributed by atoms with Gasteiger partial charge in [-0.15, -0.1) is 0 Å². The molecule has 0 bridgehead atoms. The van der Waals surface area contributed by atoms with Gasteiger partial charge in [0.1, 0.15) is 22.3 Å². The Morgan fingerprint density at radius 3 is 1.21 bits per heavy atom. The fourth-order valence-corrected chi connectivity index (χ4v) is 9.13. The van der Waals surface area contributed by atoms with Crippen LogP contribution in [0, 0.1) is 0 Å². The third kappa shape index (κ3) is 4.63. The molecule has 0 aliphatic carbocycles. The molecule has 0 radical (unpaired) electrons. The van der Waals surface area contributed by atoms with E-state index < -0.39 is 0 Å². The van der Waals surface area contributed by atoms with Gasteiger partial charge in [-0.2, -0.15) is 0 Å². The van der Waals surface area contributed by atoms with Crippen molar-refractivity contribution in [3.8, 4) is 44.5 Å². The van der Waals surface area contributed by atoms with Crippen LogP contribution in [0.15, 0.2) is 203 Å². The molecule has 0 saturated heterocycles. The summed E-state index contributed by atoms with van der Waals surface area (Å²) in [5, 5.41) is 11.8. The summed E-state index contributed by atoms with van der Waals surface area (Å²) in [6.45, 7) is 0. The maximum absolute atomic E-state index is 6.41. The van der Waals surface area contributed by atoms with Gasteiger partial charge in [0.2, 0.25) is 0 Å². The van der Waals surface area contributed by atoms with E-state index in [1.165, 1.54) is 65.7 Å². The van der Waals surface area contributed by atoms with E-state index in [2.05, 4.69) is 170 Å². The van der Waals surface area contributed by atoms with E-state index in [1.54, 1.807) is 0 Å². The Labute approximate surface area is 322 Å². The predicted octanol–water partition coefficient (Wildman–Crippen LogP) is 15.6. The third-order valence-corrected chi connectivity index (χ3v) is 11.7. The molecule has 2 aromatic heterocycles. The maximum atomic E-state index is 6.41. The highest BCUT2D eigenvalue weighted by Gasteiger charge is 2.20. The molecule has 0 aliphatic rings. The molecule has 0 N–H and O–H groups in total. The fourth-order valence-electron chi connectivity index (χ4n) is 9.13. The normalized spacial score (nSPS) is 11.9. The molecular formula is C54H32O2. The monoisotopic (exact) mass is 712 g/mol. The van der Waals surface area contributed by atoms with Crippen LogP contribution < -0.4 is 0 Å². The minimum Gasteiger partial charge on any atom is -0.456 e. The van der Waals surface area contributed by atoms with Crippen LogP contribution in [-0.4, -0.2) is 0 Å². The molecule has 12 aromatic rings. The van der Waals surface area contributed by atoms with Crippen molar-refractivity contribution in [3.63, 3.8) is 0 Å². The molecule has 0 amide bonds. The summed E-state index contributed by atoms with van der Waals surface area (Å²) >= 11 is 0. The average Bonchev–Trinajstić information content (AvgIpc) is 3.83. The van der Waals surface area contributed by atoms with Crippen molar-refractivity contribution < 1.29 is 8.83 Å². The maximum Gasteiger partial charge on any atom is 0.136 e. The van der Waals surface area contributed by atoms with E-state index in [9.17, 15) is 0 Å². The summed E-state index contributed by atoms with van der Waals surface area (Å²) in [4.78, 5) is 0. The zero-order valence-corrected chi connectivity index (χ0v) is 30.3. The summed E-state index contributed by atoms with van der Waals surface area (Å²) in [6, 6.07) is 70.0. The lowest BCUT2D eigenvalue weighted by molar-refractivity contribution is 0.668. The lowest BCUT2D eigenvalue weighted by Gasteiger charge is -2.19. The zero-order chi connectivity index (χ0) is 36.7. The van der Waals surface area contributed by atoms with Crippen molar-refractivity contribution >= 4 is 76.2 Å². The van der Waals surface area contributed by atoms with Gasteiger partial charge in [-0.1, -0.05) is 152 Å². The second-order valence-corrected chi connectivity index (χ2v) is 14.7. The first-order chi connectivity index (χ1) is 27.8. The van der Waals surface area contributed by atoms with Crippen molar-refractivity contribution in [1.29, 1.82) is 0 Å². The van der Waals surface area contributed by atoms with E-state index in [0.717, 1.165) is 55.0 Å². The first-order valence-electron chi connectivity index (χ1n) is 19.2. The first-order valence-corrected chi connectivity index (χ1v) is 19.2. The summed E-state index contributed by atoms with van der Waals surface area (Å²) in [5.41, 5.74) is 13.1. The van der Waals surface area contributed by atoms with Crippen LogP contribution >= 0.6 is 0 Å². The van der Waals surface area contributed by atoms with Crippen LogP contribution in [0.4, 0.5) is 0 Å². The van der Waals surface area contributed by atoms with Gasteiger partial charge >= 0.3 is 0 Å². The van der Waals surface area contributed by atoms with E-state index in [1.807, 2.05) is 24.3 Å². The Bertz CT molecular complexity index is 3360. The lowest BCUT2D eigenvalue weighted by atomic mass is 9.84.